The predicted octanol–water partition coefficient (Wildman–Crippen LogP) is 5.16. The van der Waals surface area contributed by atoms with Crippen molar-refractivity contribution in [2.24, 2.45) is 0 Å². The Bertz CT molecular complexity index is 380. The second kappa shape index (κ2) is 11.8. The topological polar surface area (TPSA) is 20.3 Å². The first-order valence-electron chi connectivity index (χ1n) is 8.15. The van der Waals surface area contributed by atoms with Gasteiger partial charge in [-0.05, 0) is 12.0 Å². The van der Waals surface area contributed by atoms with Crippen LogP contribution >= 0.6 is 15.9 Å². The number of benzene rings is 1. The molecule has 0 spiro atoms. The fourth-order valence-electron chi connectivity index (χ4n) is 2.41. The van der Waals surface area contributed by atoms with Crippen LogP contribution in [0.5, 0.6) is 0 Å². The quantitative estimate of drug-likeness (QED) is 0.397. The third-order valence-electron chi connectivity index (χ3n) is 3.67. The van der Waals surface area contributed by atoms with Crippen LogP contribution in [0.4, 0.5) is 0 Å². The van der Waals surface area contributed by atoms with Crippen molar-refractivity contribution >= 4 is 21.8 Å². The highest BCUT2D eigenvalue weighted by molar-refractivity contribution is 9.09. The highest BCUT2D eigenvalue weighted by atomic mass is 79.9. The molecule has 0 saturated carbocycles. The van der Waals surface area contributed by atoms with E-state index in [9.17, 15) is 4.79 Å². The van der Waals surface area contributed by atoms with Crippen molar-refractivity contribution in [1.82, 2.24) is 4.90 Å². The zero-order valence-electron chi connectivity index (χ0n) is 13.2. The van der Waals surface area contributed by atoms with Crippen LogP contribution in [0.15, 0.2) is 30.3 Å². The Balaban J connectivity index is 2.32. The molecule has 118 valence electrons. The molecule has 0 radical (unpaired) electrons. The number of halogens is 1. The molecule has 0 aromatic heterocycles. The molecular weight excluding hydrogens is 326 g/mol. The SMILES string of the molecule is CCCCCCCCC(=O)N(CCBr)Cc1ccccc1. The maximum Gasteiger partial charge on any atom is 0.222 e. The molecule has 2 nitrogen and oxygen atoms in total. The molecule has 1 rings (SSSR count). The van der Waals surface area contributed by atoms with E-state index in [0.29, 0.717) is 6.42 Å². The van der Waals surface area contributed by atoms with Gasteiger partial charge in [0.25, 0.3) is 0 Å². The van der Waals surface area contributed by atoms with E-state index < -0.39 is 0 Å². The van der Waals surface area contributed by atoms with Crippen LogP contribution in [-0.2, 0) is 11.3 Å². The van der Waals surface area contributed by atoms with Crippen molar-refractivity contribution in [1.29, 1.82) is 0 Å². The molecule has 1 aromatic carbocycles. The van der Waals surface area contributed by atoms with Gasteiger partial charge in [-0.2, -0.15) is 0 Å². The van der Waals surface area contributed by atoms with Crippen molar-refractivity contribution < 1.29 is 4.79 Å². The summed E-state index contributed by atoms with van der Waals surface area (Å²) in [6, 6.07) is 10.2. The number of rotatable bonds is 11. The van der Waals surface area contributed by atoms with Gasteiger partial charge in [-0.3, -0.25) is 4.79 Å². The Kier molecular flexibility index (Phi) is 10.2. The van der Waals surface area contributed by atoms with Crippen LogP contribution in [0.3, 0.4) is 0 Å². The third kappa shape index (κ3) is 8.25. The van der Waals surface area contributed by atoms with Crippen molar-refractivity contribution in [3.63, 3.8) is 0 Å². The first-order valence-corrected chi connectivity index (χ1v) is 9.27. The van der Waals surface area contributed by atoms with Gasteiger partial charge >= 0.3 is 0 Å². The standard InChI is InChI=1S/C18H28BrNO/c1-2-3-4-5-6-10-13-18(21)20(15-14-19)16-17-11-8-7-9-12-17/h7-9,11-12H,2-6,10,13-16H2,1H3. The van der Waals surface area contributed by atoms with Gasteiger partial charge in [-0.15, -0.1) is 0 Å². The molecule has 0 bridgehead atoms. The van der Waals surface area contributed by atoms with Gasteiger partial charge in [0.15, 0.2) is 0 Å². The molecule has 3 heteroatoms. The lowest BCUT2D eigenvalue weighted by Crippen LogP contribution is -2.32. The molecular formula is C18H28BrNO. The van der Waals surface area contributed by atoms with Crippen LogP contribution in [0.2, 0.25) is 0 Å². The average molecular weight is 354 g/mol. The third-order valence-corrected chi connectivity index (χ3v) is 4.02. The zero-order valence-corrected chi connectivity index (χ0v) is 14.8. The summed E-state index contributed by atoms with van der Waals surface area (Å²) in [5, 5.41) is 0.835. The van der Waals surface area contributed by atoms with Gasteiger partial charge in [0.05, 0.1) is 0 Å². The number of amides is 1. The van der Waals surface area contributed by atoms with Crippen molar-refractivity contribution in [2.45, 2.75) is 58.4 Å². The van der Waals surface area contributed by atoms with E-state index in [4.69, 9.17) is 0 Å². The highest BCUT2D eigenvalue weighted by Gasteiger charge is 2.12. The van der Waals surface area contributed by atoms with E-state index >= 15 is 0 Å². The number of nitrogens with zero attached hydrogens (tertiary/aromatic N) is 1. The first kappa shape index (κ1) is 18.2. The Morgan fingerprint density at radius 2 is 1.71 bits per heavy atom. The lowest BCUT2D eigenvalue weighted by molar-refractivity contribution is -0.131. The minimum atomic E-state index is 0.286. The van der Waals surface area contributed by atoms with Gasteiger partial charge in [-0.25, -0.2) is 0 Å². The maximum atomic E-state index is 12.3. The molecule has 0 N–H and O–H groups in total. The Hall–Kier alpha value is -0.830. The summed E-state index contributed by atoms with van der Waals surface area (Å²) < 4.78 is 0. The highest BCUT2D eigenvalue weighted by Crippen LogP contribution is 2.11. The lowest BCUT2D eigenvalue weighted by Gasteiger charge is -2.22. The van der Waals surface area contributed by atoms with Gasteiger partial charge < -0.3 is 4.90 Å². The molecule has 1 amide bonds. The number of hydrogen-bond donors (Lipinski definition) is 0. The summed E-state index contributed by atoms with van der Waals surface area (Å²) in [7, 11) is 0. The molecule has 0 aliphatic carbocycles. The second-order valence-corrected chi connectivity index (χ2v) is 6.30. The summed E-state index contributed by atoms with van der Waals surface area (Å²) in [5.74, 6) is 0.286. The molecule has 0 aliphatic heterocycles. The van der Waals surface area contributed by atoms with Gasteiger partial charge in [0.2, 0.25) is 5.91 Å². The largest absolute Gasteiger partial charge is 0.338 e. The Labute approximate surface area is 138 Å². The van der Waals surface area contributed by atoms with E-state index in [2.05, 4.69) is 35.0 Å². The van der Waals surface area contributed by atoms with E-state index in [1.807, 2.05) is 23.1 Å². The molecule has 0 unspecified atom stereocenters. The Morgan fingerprint density at radius 1 is 1.05 bits per heavy atom. The number of alkyl halides is 1. The molecule has 0 saturated heterocycles. The van der Waals surface area contributed by atoms with Crippen LogP contribution < -0.4 is 0 Å². The van der Waals surface area contributed by atoms with Crippen LogP contribution in [0.1, 0.15) is 57.4 Å². The summed E-state index contributed by atoms with van der Waals surface area (Å²) >= 11 is 3.45. The average Bonchev–Trinajstić information content (AvgIpc) is 2.51. The smallest absolute Gasteiger partial charge is 0.222 e. The number of carbonyl (C=O) groups excluding carboxylic acids is 1. The minimum absolute atomic E-state index is 0.286. The minimum Gasteiger partial charge on any atom is -0.338 e. The molecule has 0 fully saturated rings. The summed E-state index contributed by atoms with van der Waals surface area (Å²) in [4.78, 5) is 14.3. The van der Waals surface area contributed by atoms with Crippen LogP contribution in [0, 0.1) is 0 Å². The summed E-state index contributed by atoms with van der Waals surface area (Å²) in [5.41, 5.74) is 1.20. The molecule has 21 heavy (non-hydrogen) atoms. The summed E-state index contributed by atoms with van der Waals surface area (Å²) in [6.07, 6.45) is 8.05. The zero-order chi connectivity index (χ0) is 15.3. The molecule has 0 aliphatic rings. The van der Waals surface area contributed by atoms with Crippen molar-refractivity contribution in [2.75, 3.05) is 11.9 Å². The number of carbonyl (C=O) groups is 1. The fraction of sp³-hybridized carbons (Fsp3) is 0.611. The second-order valence-electron chi connectivity index (χ2n) is 5.51. The number of unbranched alkanes of at least 4 members (excludes halogenated alkanes) is 5. The molecule has 0 atom stereocenters. The van der Waals surface area contributed by atoms with Crippen LogP contribution in [-0.4, -0.2) is 22.7 Å². The fourth-order valence-corrected chi connectivity index (χ4v) is 2.84. The van der Waals surface area contributed by atoms with Crippen molar-refractivity contribution in [3.8, 4) is 0 Å². The van der Waals surface area contributed by atoms with E-state index in [1.165, 1.54) is 37.7 Å². The lowest BCUT2D eigenvalue weighted by atomic mass is 10.1. The predicted molar refractivity (Wildman–Crippen MR) is 93.6 cm³/mol. The van der Waals surface area contributed by atoms with E-state index in [0.717, 1.165) is 24.8 Å². The normalized spacial score (nSPS) is 10.6. The van der Waals surface area contributed by atoms with Crippen LogP contribution in [0.25, 0.3) is 0 Å². The monoisotopic (exact) mass is 353 g/mol. The first-order chi connectivity index (χ1) is 10.3. The maximum absolute atomic E-state index is 12.3. The summed E-state index contributed by atoms with van der Waals surface area (Å²) in [6.45, 7) is 3.73. The molecule has 1 aromatic rings. The number of hydrogen-bond acceptors (Lipinski definition) is 1. The Morgan fingerprint density at radius 3 is 2.38 bits per heavy atom. The van der Waals surface area contributed by atoms with Gasteiger partial charge in [0, 0.05) is 24.8 Å². The van der Waals surface area contributed by atoms with E-state index in [-0.39, 0.29) is 5.91 Å². The molecule has 0 heterocycles. The van der Waals surface area contributed by atoms with Gasteiger partial charge in [-0.1, -0.05) is 85.3 Å². The van der Waals surface area contributed by atoms with Gasteiger partial charge in [0.1, 0.15) is 0 Å². The van der Waals surface area contributed by atoms with Crippen molar-refractivity contribution in [3.05, 3.63) is 35.9 Å². The van der Waals surface area contributed by atoms with E-state index in [1.54, 1.807) is 0 Å².